The molecule has 6 nitrogen and oxygen atoms in total. The van der Waals surface area contributed by atoms with Gasteiger partial charge in [0.25, 0.3) is 0 Å². The quantitative estimate of drug-likeness (QED) is 0.569. The molecule has 1 heterocycles. The van der Waals surface area contributed by atoms with E-state index < -0.39 is 30.7 Å². The van der Waals surface area contributed by atoms with Crippen molar-refractivity contribution < 1.29 is 29.2 Å². The molecule has 1 aliphatic heterocycles. The Morgan fingerprint density at radius 2 is 1.33 bits per heavy atom. The standard InChI is InChI=1S/C15H24O6/c1-4-7-18-12-11(10-16)21-15(17)14(20-9-6-3)13(12)19-8-5-2/h4-6,11-17H,1-3,7-10H2/t11-,12-,13+,14-,15+/m1/s1. The maximum absolute atomic E-state index is 10.0. The van der Waals surface area contributed by atoms with Crippen molar-refractivity contribution in [2.75, 3.05) is 26.4 Å². The second kappa shape index (κ2) is 9.83. The van der Waals surface area contributed by atoms with E-state index in [4.69, 9.17) is 18.9 Å². The minimum Gasteiger partial charge on any atom is -0.394 e. The van der Waals surface area contributed by atoms with Gasteiger partial charge in [0.05, 0.1) is 26.4 Å². The van der Waals surface area contributed by atoms with Gasteiger partial charge in [-0.05, 0) is 0 Å². The van der Waals surface area contributed by atoms with Crippen LogP contribution in [0.2, 0.25) is 0 Å². The number of hydrogen-bond donors (Lipinski definition) is 2. The van der Waals surface area contributed by atoms with Crippen LogP contribution in [0.1, 0.15) is 0 Å². The fourth-order valence-corrected chi connectivity index (χ4v) is 2.15. The molecule has 6 heteroatoms. The highest BCUT2D eigenvalue weighted by molar-refractivity contribution is 4.93. The van der Waals surface area contributed by atoms with Crippen molar-refractivity contribution >= 4 is 0 Å². The lowest BCUT2D eigenvalue weighted by molar-refractivity contribution is -0.306. The van der Waals surface area contributed by atoms with Gasteiger partial charge in [-0.2, -0.15) is 0 Å². The van der Waals surface area contributed by atoms with Crippen molar-refractivity contribution in [3.8, 4) is 0 Å². The van der Waals surface area contributed by atoms with Crippen LogP contribution in [0.3, 0.4) is 0 Å². The molecule has 0 aromatic heterocycles. The zero-order valence-corrected chi connectivity index (χ0v) is 12.1. The predicted molar refractivity (Wildman–Crippen MR) is 77.8 cm³/mol. The second-order valence-electron chi connectivity index (χ2n) is 4.51. The van der Waals surface area contributed by atoms with Crippen LogP contribution in [0.5, 0.6) is 0 Å². The van der Waals surface area contributed by atoms with E-state index in [2.05, 4.69) is 19.7 Å². The molecule has 0 amide bonds. The molecule has 5 atom stereocenters. The van der Waals surface area contributed by atoms with Gasteiger partial charge in [0.2, 0.25) is 0 Å². The van der Waals surface area contributed by atoms with Gasteiger partial charge in [-0.15, -0.1) is 19.7 Å². The Morgan fingerprint density at radius 1 is 0.857 bits per heavy atom. The predicted octanol–water partition coefficient (Wildman–Crippen LogP) is 0.410. The maximum atomic E-state index is 10.0. The number of ether oxygens (including phenoxy) is 4. The van der Waals surface area contributed by atoms with E-state index in [1.165, 1.54) is 0 Å². The Hall–Kier alpha value is -1.02. The summed E-state index contributed by atoms with van der Waals surface area (Å²) in [6.07, 6.45) is 0.859. The van der Waals surface area contributed by atoms with Gasteiger partial charge in [0, 0.05) is 0 Å². The highest BCUT2D eigenvalue weighted by Crippen LogP contribution is 2.27. The molecular formula is C15H24O6. The first-order valence-electron chi connectivity index (χ1n) is 6.81. The van der Waals surface area contributed by atoms with E-state index in [-0.39, 0.29) is 26.4 Å². The van der Waals surface area contributed by atoms with Gasteiger partial charge in [-0.3, -0.25) is 0 Å². The lowest BCUT2D eigenvalue weighted by Gasteiger charge is -2.43. The minimum absolute atomic E-state index is 0.233. The molecule has 120 valence electrons. The summed E-state index contributed by atoms with van der Waals surface area (Å²) in [4.78, 5) is 0. The van der Waals surface area contributed by atoms with E-state index >= 15 is 0 Å². The van der Waals surface area contributed by atoms with Crippen molar-refractivity contribution in [1.82, 2.24) is 0 Å². The largest absolute Gasteiger partial charge is 0.394 e. The van der Waals surface area contributed by atoms with E-state index in [0.717, 1.165) is 0 Å². The van der Waals surface area contributed by atoms with Crippen molar-refractivity contribution in [2.45, 2.75) is 30.7 Å². The Morgan fingerprint density at radius 3 is 1.81 bits per heavy atom. The van der Waals surface area contributed by atoms with Gasteiger partial charge >= 0.3 is 0 Å². The first-order chi connectivity index (χ1) is 10.2. The summed E-state index contributed by atoms with van der Waals surface area (Å²) >= 11 is 0. The summed E-state index contributed by atoms with van der Waals surface area (Å²) in [5.74, 6) is 0. The van der Waals surface area contributed by atoms with Crippen molar-refractivity contribution in [1.29, 1.82) is 0 Å². The lowest BCUT2D eigenvalue weighted by Crippen LogP contribution is -2.61. The van der Waals surface area contributed by atoms with Gasteiger partial charge in [-0.1, -0.05) is 18.2 Å². The molecule has 0 spiro atoms. The molecule has 1 aliphatic rings. The third kappa shape index (κ3) is 5.03. The molecule has 1 rings (SSSR count). The smallest absolute Gasteiger partial charge is 0.184 e. The maximum Gasteiger partial charge on any atom is 0.184 e. The zero-order valence-electron chi connectivity index (χ0n) is 12.1. The average molecular weight is 300 g/mol. The summed E-state index contributed by atoms with van der Waals surface area (Å²) in [6.45, 7) is 11.2. The van der Waals surface area contributed by atoms with E-state index in [1.54, 1.807) is 18.2 Å². The summed E-state index contributed by atoms with van der Waals surface area (Å²) in [7, 11) is 0. The van der Waals surface area contributed by atoms with Crippen LogP contribution in [0.15, 0.2) is 38.0 Å². The molecule has 1 saturated heterocycles. The van der Waals surface area contributed by atoms with Crippen LogP contribution in [0, 0.1) is 0 Å². The molecule has 0 radical (unpaired) electrons. The minimum atomic E-state index is -1.22. The van der Waals surface area contributed by atoms with E-state index in [1.807, 2.05) is 0 Å². The first kappa shape index (κ1) is 18.0. The molecular weight excluding hydrogens is 276 g/mol. The normalized spacial score (nSPS) is 32.6. The summed E-state index contributed by atoms with van der Waals surface area (Å²) in [6, 6.07) is 0. The molecule has 0 saturated carbocycles. The molecule has 2 N–H and O–H groups in total. The zero-order chi connectivity index (χ0) is 15.7. The molecule has 1 fully saturated rings. The lowest BCUT2D eigenvalue weighted by atomic mass is 9.98. The average Bonchev–Trinajstić information content (AvgIpc) is 2.50. The topological polar surface area (TPSA) is 77.4 Å². The van der Waals surface area contributed by atoms with Crippen molar-refractivity contribution in [3.63, 3.8) is 0 Å². The van der Waals surface area contributed by atoms with Crippen molar-refractivity contribution in [3.05, 3.63) is 38.0 Å². The van der Waals surface area contributed by atoms with E-state index in [0.29, 0.717) is 0 Å². The van der Waals surface area contributed by atoms with Crippen LogP contribution in [0.4, 0.5) is 0 Å². The molecule has 0 aromatic rings. The van der Waals surface area contributed by atoms with Gasteiger partial charge in [0.15, 0.2) is 6.29 Å². The first-order valence-corrected chi connectivity index (χ1v) is 6.81. The highest BCUT2D eigenvalue weighted by Gasteiger charge is 2.47. The van der Waals surface area contributed by atoms with Gasteiger partial charge < -0.3 is 29.2 Å². The Balaban J connectivity index is 2.90. The second-order valence-corrected chi connectivity index (χ2v) is 4.51. The number of aliphatic hydroxyl groups excluding tert-OH is 2. The molecule has 0 aromatic carbocycles. The monoisotopic (exact) mass is 300 g/mol. The number of aliphatic hydroxyl groups is 2. The molecule has 21 heavy (non-hydrogen) atoms. The SMILES string of the molecule is C=CCO[C@@H]1[C@@H](OCC=C)[C@@H](O)O[C@H](CO)[C@H]1OCC=C. The van der Waals surface area contributed by atoms with Crippen LogP contribution in [0.25, 0.3) is 0 Å². The van der Waals surface area contributed by atoms with Crippen molar-refractivity contribution in [2.24, 2.45) is 0 Å². The molecule has 0 unspecified atom stereocenters. The summed E-state index contributed by atoms with van der Waals surface area (Å²) in [5.41, 5.74) is 0. The Kier molecular flexibility index (Phi) is 8.44. The van der Waals surface area contributed by atoms with Crippen LogP contribution in [-0.2, 0) is 18.9 Å². The third-order valence-corrected chi connectivity index (χ3v) is 3.01. The summed E-state index contributed by atoms with van der Waals surface area (Å²) in [5, 5.41) is 19.4. The van der Waals surface area contributed by atoms with Crippen LogP contribution >= 0.6 is 0 Å². The fraction of sp³-hybridized carbons (Fsp3) is 0.600. The number of hydrogen-bond acceptors (Lipinski definition) is 6. The van der Waals surface area contributed by atoms with Gasteiger partial charge in [-0.25, -0.2) is 0 Å². The Labute approximate surface area is 125 Å². The fourth-order valence-electron chi connectivity index (χ4n) is 2.15. The third-order valence-electron chi connectivity index (χ3n) is 3.01. The van der Waals surface area contributed by atoms with Crippen LogP contribution in [-0.4, -0.2) is 67.3 Å². The Bertz CT molecular complexity index is 332. The highest BCUT2D eigenvalue weighted by atomic mass is 16.7. The van der Waals surface area contributed by atoms with Gasteiger partial charge in [0.1, 0.15) is 24.4 Å². The number of rotatable bonds is 10. The summed E-state index contributed by atoms with van der Waals surface area (Å²) < 4.78 is 22.2. The van der Waals surface area contributed by atoms with E-state index in [9.17, 15) is 10.2 Å². The molecule has 0 bridgehead atoms. The molecule has 0 aliphatic carbocycles. The van der Waals surface area contributed by atoms with Crippen LogP contribution < -0.4 is 0 Å².